The molecule has 1 aromatic heterocycles. The fraction of sp³-hybridized carbons (Fsp3) is 0.583. The molecule has 0 saturated carbocycles. The van der Waals surface area contributed by atoms with Crippen molar-refractivity contribution in [1.82, 2.24) is 4.98 Å². The summed E-state index contributed by atoms with van der Waals surface area (Å²) >= 11 is 12.1. The summed E-state index contributed by atoms with van der Waals surface area (Å²) < 4.78 is 0. The van der Waals surface area contributed by atoms with Crippen molar-refractivity contribution < 1.29 is 5.11 Å². The quantitative estimate of drug-likeness (QED) is 0.721. The largest absolute Gasteiger partial charge is 0.393 e. The SMILES string of the molecule is CCCNc1nc(NCCC(C)O)c(Cl)cc1Cl. The zero-order valence-corrected chi connectivity index (χ0v) is 12.1. The third-order valence-corrected chi connectivity index (χ3v) is 2.90. The van der Waals surface area contributed by atoms with Gasteiger partial charge >= 0.3 is 0 Å². The molecule has 1 atom stereocenters. The lowest BCUT2D eigenvalue weighted by atomic mass is 10.3. The molecule has 1 heterocycles. The van der Waals surface area contributed by atoms with Crippen LogP contribution in [-0.4, -0.2) is 29.3 Å². The van der Waals surface area contributed by atoms with Crippen LogP contribution < -0.4 is 10.6 Å². The van der Waals surface area contributed by atoms with Crippen LogP contribution >= 0.6 is 23.2 Å². The number of nitrogens with one attached hydrogen (secondary N) is 2. The monoisotopic (exact) mass is 291 g/mol. The Kier molecular flexibility index (Phi) is 6.54. The molecule has 0 aliphatic heterocycles. The summed E-state index contributed by atoms with van der Waals surface area (Å²) in [7, 11) is 0. The van der Waals surface area contributed by atoms with Crippen LogP contribution in [0.1, 0.15) is 26.7 Å². The Morgan fingerprint density at radius 3 is 2.28 bits per heavy atom. The number of hydrogen-bond donors (Lipinski definition) is 3. The second-order valence-electron chi connectivity index (χ2n) is 4.14. The van der Waals surface area contributed by atoms with E-state index in [9.17, 15) is 5.11 Å². The van der Waals surface area contributed by atoms with Gasteiger partial charge in [0.05, 0.1) is 16.1 Å². The highest BCUT2D eigenvalue weighted by molar-refractivity contribution is 6.37. The van der Waals surface area contributed by atoms with Crippen LogP contribution in [0.3, 0.4) is 0 Å². The van der Waals surface area contributed by atoms with Crippen molar-refractivity contribution in [2.24, 2.45) is 0 Å². The normalized spacial score (nSPS) is 12.3. The Bertz CT molecular complexity index is 386. The molecule has 1 unspecified atom stereocenters. The summed E-state index contributed by atoms with van der Waals surface area (Å²) in [5, 5.41) is 16.4. The fourth-order valence-electron chi connectivity index (χ4n) is 1.36. The summed E-state index contributed by atoms with van der Waals surface area (Å²) in [6, 6.07) is 1.67. The highest BCUT2D eigenvalue weighted by Gasteiger charge is 2.08. The molecule has 0 amide bonds. The van der Waals surface area contributed by atoms with Gasteiger partial charge in [0.25, 0.3) is 0 Å². The number of halogens is 2. The van der Waals surface area contributed by atoms with Crippen molar-refractivity contribution >= 4 is 34.8 Å². The standard InChI is InChI=1S/C12H19Cl2N3O/c1-3-5-15-11-9(13)7-10(14)12(17-11)16-6-4-8(2)18/h7-8,18H,3-6H2,1-2H3,(H2,15,16,17). The minimum Gasteiger partial charge on any atom is -0.393 e. The van der Waals surface area contributed by atoms with Crippen LogP contribution in [0.2, 0.25) is 10.0 Å². The smallest absolute Gasteiger partial charge is 0.147 e. The Balaban J connectivity index is 2.71. The van der Waals surface area contributed by atoms with Crippen molar-refractivity contribution in [3.63, 3.8) is 0 Å². The van der Waals surface area contributed by atoms with Crippen LogP contribution in [0.25, 0.3) is 0 Å². The van der Waals surface area contributed by atoms with Gasteiger partial charge in [-0.3, -0.25) is 0 Å². The van der Waals surface area contributed by atoms with E-state index in [0.29, 0.717) is 34.6 Å². The van der Waals surface area contributed by atoms with E-state index in [1.54, 1.807) is 13.0 Å². The maximum atomic E-state index is 9.19. The molecule has 0 aliphatic rings. The van der Waals surface area contributed by atoms with Crippen LogP contribution in [0, 0.1) is 0 Å². The van der Waals surface area contributed by atoms with Gasteiger partial charge < -0.3 is 15.7 Å². The number of pyridine rings is 1. The number of aliphatic hydroxyl groups excluding tert-OH is 1. The molecular formula is C12H19Cl2N3O. The van der Waals surface area contributed by atoms with Crippen LogP contribution in [0.4, 0.5) is 11.6 Å². The average molecular weight is 292 g/mol. The van der Waals surface area contributed by atoms with E-state index >= 15 is 0 Å². The minimum absolute atomic E-state index is 0.346. The second kappa shape index (κ2) is 7.67. The minimum atomic E-state index is -0.346. The molecule has 0 radical (unpaired) electrons. The Morgan fingerprint density at radius 2 is 1.78 bits per heavy atom. The number of hydrogen-bond acceptors (Lipinski definition) is 4. The van der Waals surface area contributed by atoms with E-state index in [0.717, 1.165) is 13.0 Å². The predicted octanol–water partition coefficient (Wildman–Crippen LogP) is 3.39. The molecule has 0 bridgehead atoms. The molecule has 3 N–H and O–H groups in total. The molecule has 0 aliphatic carbocycles. The molecule has 0 fully saturated rings. The number of aliphatic hydroxyl groups is 1. The lowest BCUT2D eigenvalue weighted by Crippen LogP contribution is -2.12. The molecular weight excluding hydrogens is 273 g/mol. The molecule has 0 spiro atoms. The molecule has 0 aromatic carbocycles. The summed E-state index contributed by atoms with van der Waals surface area (Å²) in [5.74, 6) is 1.21. The van der Waals surface area contributed by atoms with Gasteiger partial charge in [0.15, 0.2) is 0 Å². The zero-order chi connectivity index (χ0) is 13.5. The summed E-state index contributed by atoms with van der Waals surface area (Å²) in [5.41, 5.74) is 0. The van der Waals surface area contributed by atoms with E-state index in [4.69, 9.17) is 23.2 Å². The third kappa shape index (κ3) is 4.88. The van der Waals surface area contributed by atoms with Crippen molar-refractivity contribution in [2.75, 3.05) is 23.7 Å². The first-order valence-electron chi connectivity index (χ1n) is 6.06. The molecule has 1 aromatic rings. The first-order chi connectivity index (χ1) is 8.54. The van der Waals surface area contributed by atoms with E-state index in [1.807, 2.05) is 0 Å². The number of anilines is 2. The van der Waals surface area contributed by atoms with E-state index < -0.39 is 0 Å². The zero-order valence-electron chi connectivity index (χ0n) is 10.6. The van der Waals surface area contributed by atoms with E-state index in [1.165, 1.54) is 0 Å². The number of aromatic nitrogens is 1. The number of rotatable bonds is 7. The highest BCUT2D eigenvalue weighted by atomic mass is 35.5. The Morgan fingerprint density at radius 1 is 1.22 bits per heavy atom. The van der Waals surface area contributed by atoms with E-state index in [2.05, 4.69) is 22.5 Å². The molecule has 6 heteroatoms. The van der Waals surface area contributed by atoms with Crippen LogP contribution in [0.5, 0.6) is 0 Å². The van der Waals surface area contributed by atoms with Gasteiger partial charge in [-0.25, -0.2) is 4.98 Å². The van der Waals surface area contributed by atoms with Crippen molar-refractivity contribution in [2.45, 2.75) is 32.8 Å². The van der Waals surface area contributed by atoms with Gasteiger partial charge in [0.2, 0.25) is 0 Å². The van der Waals surface area contributed by atoms with Crippen LogP contribution in [0.15, 0.2) is 6.07 Å². The highest BCUT2D eigenvalue weighted by Crippen LogP contribution is 2.29. The Hall–Kier alpha value is -0.710. The average Bonchev–Trinajstić information content (AvgIpc) is 2.30. The van der Waals surface area contributed by atoms with Crippen LogP contribution in [-0.2, 0) is 0 Å². The van der Waals surface area contributed by atoms with Crippen molar-refractivity contribution in [3.8, 4) is 0 Å². The number of nitrogens with zero attached hydrogens (tertiary/aromatic N) is 1. The maximum absolute atomic E-state index is 9.19. The predicted molar refractivity (Wildman–Crippen MR) is 77.8 cm³/mol. The lowest BCUT2D eigenvalue weighted by Gasteiger charge is -2.12. The summed E-state index contributed by atoms with van der Waals surface area (Å²) in [6.45, 7) is 5.23. The maximum Gasteiger partial charge on any atom is 0.147 e. The van der Waals surface area contributed by atoms with Gasteiger partial charge in [-0.2, -0.15) is 0 Å². The van der Waals surface area contributed by atoms with Gasteiger partial charge in [-0.05, 0) is 25.8 Å². The molecule has 4 nitrogen and oxygen atoms in total. The topological polar surface area (TPSA) is 57.2 Å². The molecule has 102 valence electrons. The van der Waals surface area contributed by atoms with Crippen molar-refractivity contribution in [1.29, 1.82) is 0 Å². The first-order valence-corrected chi connectivity index (χ1v) is 6.82. The fourth-order valence-corrected chi connectivity index (χ4v) is 1.85. The first kappa shape index (κ1) is 15.3. The third-order valence-electron chi connectivity index (χ3n) is 2.33. The summed E-state index contributed by atoms with van der Waals surface area (Å²) in [6.07, 6.45) is 1.28. The Labute approximate surface area is 118 Å². The van der Waals surface area contributed by atoms with Gasteiger partial charge in [-0.15, -0.1) is 0 Å². The molecule has 18 heavy (non-hydrogen) atoms. The van der Waals surface area contributed by atoms with E-state index in [-0.39, 0.29) is 6.10 Å². The molecule has 1 rings (SSSR count). The van der Waals surface area contributed by atoms with Crippen molar-refractivity contribution in [3.05, 3.63) is 16.1 Å². The van der Waals surface area contributed by atoms with Gasteiger partial charge in [0.1, 0.15) is 11.6 Å². The van der Waals surface area contributed by atoms with Gasteiger partial charge in [0, 0.05) is 13.1 Å². The summed E-state index contributed by atoms with van der Waals surface area (Å²) in [4.78, 5) is 4.34. The molecule has 0 saturated heterocycles. The lowest BCUT2D eigenvalue weighted by molar-refractivity contribution is 0.188. The van der Waals surface area contributed by atoms with Gasteiger partial charge in [-0.1, -0.05) is 30.1 Å². The second-order valence-corrected chi connectivity index (χ2v) is 4.95.